The first-order valence-electron chi connectivity index (χ1n) is 5.47. The van der Waals surface area contributed by atoms with Crippen LogP contribution in [-0.2, 0) is 0 Å². The highest BCUT2D eigenvalue weighted by molar-refractivity contribution is 6.20. The molecule has 0 aliphatic rings. The van der Waals surface area contributed by atoms with Gasteiger partial charge in [0.2, 0.25) is 0 Å². The van der Waals surface area contributed by atoms with Crippen molar-refractivity contribution in [3.63, 3.8) is 0 Å². The van der Waals surface area contributed by atoms with Gasteiger partial charge in [-0.2, -0.15) is 0 Å². The van der Waals surface area contributed by atoms with Crippen LogP contribution in [0.4, 0.5) is 0 Å². The fourth-order valence-corrected chi connectivity index (χ4v) is 2.05. The van der Waals surface area contributed by atoms with E-state index in [1.54, 1.807) is 0 Å². The second-order valence-corrected chi connectivity index (χ2v) is 4.35. The van der Waals surface area contributed by atoms with Crippen LogP contribution in [0, 0.1) is 5.92 Å². The Balaban J connectivity index is 3.05. The van der Waals surface area contributed by atoms with Gasteiger partial charge in [0.05, 0.1) is 0 Å². The van der Waals surface area contributed by atoms with Crippen molar-refractivity contribution in [2.75, 3.05) is 11.8 Å². The molecule has 0 atom stereocenters. The highest BCUT2D eigenvalue weighted by atomic mass is 35.5. The lowest BCUT2D eigenvalue weighted by Crippen LogP contribution is -2.03. The molecule has 0 bridgehead atoms. The molecule has 0 heterocycles. The van der Waals surface area contributed by atoms with Crippen LogP contribution in [0.5, 0.6) is 0 Å². The summed E-state index contributed by atoms with van der Waals surface area (Å²) in [5, 5.41) is 0. The van der Waals surface area contributed by atoms with E-state index in [4.69, 9.17) is 23.2 Å². The zero-order chi connectivity index (χ0) is 9.94. The number of rotatable bonds is 9. The first-order valence-corrected chi connectivity index (χ1v) is 6.54. The first kappa shape index (κ1) is 13.6. The van der Waals surface area contributed by atoms with E-state index in [0.29, 0.717) is 5.92 Å². The van der Waals surface area contributed by atoms with Crippen LogP contribution >= 0.6 is 23.2 Å². The summed E-state index contributed by atoms with van der Waals surface area (Å²) in [6, 6.07) is 0. The summed E-state index contributed by atoms with van der Waals surface area (Å²) in [6.07, 6.45) is 9.34. The molecule has 80 valence electrons. The van der Waals surface area contributed by atoms with E-state index in [1.807, 2.05) is 0 Å². The first-order chi connectivity index (χ1) is 6.35. The third kappa shape index (κ3) is 8.90. The van der Waals surface area contributed by atoms with Gasteiger partial charge < -0.3 is 0 Å². The summed E-state index contributed by atoms with van der Waals surface area (Å²) in [5.74, 6) is 1.98. The lowest BCUT2D eigenvalue weighted by molar-refractivity contribution is 0.521. The Hall–Kier alpha value is 0.580. The van der Waals surface area contributed by atoms with Crippen LogP contribution in [0.2, 0.25) is 0 Å². The van der Waals surface area contributed by atoms with Crippen LogP contribution in [0.15, 0.2) is 0 Å². The summed E-state index contributed by atoms with van der Waals surface area (Å²) in [6.45, 7) is 2.25. The molecule has 0 radical (unpaired) electrons. The Bertz CT molecular complexity index is 90.1. The van der Waals surface area contributed by atoms with Gasteiger partial charge in [-0.15, -0.1) is 23.2 Å². The number of hydrogen-bond donors (Lipinski definition) is 0. The Morgan fingerprint density at radius 1 is 0.846 bits per heavy atom. The van der Waals surface area contributed by atoms with Crippen molar-refractivity contribution in [3.05, 3.63) is 0 Å². The minimum absolute atomic E-state index is 0.537. The van der Waals surface area contributed by atoms with Crippen molar-refractivity contribution in [2.45, 2.75) is 51.9 Å². The van der Waals surface area contributed by atoms with Gasteiger partial charge in [0.1, 0.15) is 0 Å². The fraction of sp³-hybridized carbons (Fsp3) is 1.00. The van der Waals surface area contributed by atoms with Crippen LogP contribution in [0.3, 0.4) is 0 Å². The Kier molecular flexibility index (Phi) is 11.1. The molecule has 0 aromatic carbocycles. The minimum Gasteiger partial charge on any atom is -0.126 e. The van der Waals surface area contributed by atoms with E-state index < -0.39 is 0 Å². The second kappa shape index (κ2) is 10.7. The summed E-state index contributed by atoms with van der Waals surface area (Å²) >= 11 is 11.5. The second-order valence-electron chi connectivity index (χ2n) is 3.73. The van der Waals surface area contributed by atoms with Gasteiger partial charge in [-0.05, 0) is 12.3 Å². The zero-order valence-electron chi connectivity index (χ0n) is 8.70. The van der Waals surface area contributed by atoms with Gasteiger partial charge >= 0.3 is 0 Å². The molecule has 0 saturated carbocycles. The van der Waals surface area contributed by atoms with Gasteiger partial charge in [0, 0.05) is 11.8 Å². The monoisotopic (exact) mass is 224 g/mol. The maximum Gasteiger partial charge on any atom is 0.0263 e. The van der Waals surface area contributed by atoms with E-state index >= 15 is 0 Å². The molecule has 13 heavy (non-hydrogen) atoms. The van der Waals surface area contributed by atoms with Crippen molar-refractivity contribution in [1.29, 1.82) is 0 Å². The molecule has 2 heteroatoms. The van der Waals surface area contributed by atoms with Crippen molar-refractivity contribution in [2.24, 2.45) is 5.92 Å². The molecular formula is C11H22Cl2. The Labute approximate surface area is 93.0 Å². The third-order valence-electron chi connectivity index (χ3n) is 2.40. The third-order valence-corrected chi connectivity index (χ3v) is 3.28. The largest absolute Gasteiger partial charge is 0.126 e. The van der Waals surface area contributed by atoms with Gasteiger partial charge in [0.25, 0.3) is 0 Å². The highest BCUT2D eigenvalue weighted by Gasteiger charge is 2.04. The summed E-state index contributed by atoms with van der Waals surface area (Å²) in [4.78, 5) is 0. The van der Waals surface area contributed by atoms with Crippen molar-refractivity contribution < 1.29 is 0 Å². The lowest BCUT2D eigenvalue weighted by atomic mass is 10.0. The van der Waals surface area contributed by atoms with Crippen molar-refractivity contribution in [1.82, 2.24) is 0 Å². The maximum absolute atomic E-state index is 5.75. The zero-order valence-corrected chi connectivity index (χ0v) is 10.2. The standard InChI is InChI=1S/C11H22Cl2/c1-2-3-4-5-6-7-8-11(9-12)10-13/h11H,2-10H2,1H3. The van der Waals surface area contributed by atoms with E-state index in [1.165, 1.54) is 44.9 Å². The molecule has 0 rings (SSSR count). The van der Waals surface area contributed by atoms with E-state index in [0.717, 1.165) is 11.8 Å². The predicted molar refractivity (Wildman–Crippen MR) is 62.9 cm³/mol. The molecule has 0 aliphatic heterocycles. The molecule has 0 aromatic rings. The fourth-order valence-electron chi connectivity index (χ4n) is 1.41. The molecule has 0 aromatic heterocycles. The summed E-state index contributed by atoms with van der Waals surface area (Å²) < 4.78 is 0. The quantitative estimate of drug-likeness (QED) is 0.389. The molecule has 0 aliphatic carbocycles. The molecule has 0 amide bonds. The molecule has 0 spiro atoms. The molecule has 0 unspecified atom stereocenters. The highest BCUT2D eigenvalue weighted by Crippen LogP contribution is 2.14. The van der Waals surface area contributed by atoms with Gasteiger partial charge in [-0.25, -0.2) is 0 Å². The summed E-state index contributed by atoms with van der Waals surface area (Å²) in [5.41, 5.74) is 0. The Morgan fingerprint density at radius 2 is 1.38 bits per heavy atom. The molecule has 0 fully saturated rings. The van der Waals surface area contributed by atoms with Gasteiger partial charge in [-0.1, -0.05) is 45.4 Å². The Morgan fingerprint density at radius 3 is 1.92 bits per heavy atom. The van der Waals surface area contributed by atoms with E-state index in [9.17, 15) is 0 Å². The molecule has 0 nitrogen and oxygen atoms in total. The number of halogens is 2. The minimum atomic E-state index is 0.537. The predicted octanol–water partition coefficient (Wildman–Crippen LogP) is 4.83. The topological polar surface area (TPSA) is 0 Å². The number of unbranched alkanes of at least 4 members (excludes halogenated alkanes) is 5. The number of hydrogen-bond acceptors (Lipinski definition) is 0. The van der Waals surface area contributed by atoms with Gasteiger partial charge in [-0.3, -0.25) is 0 Å². The molecule has 0 N–H and O–H groups in total. The average Bonchev–Trinajstić information content (AvgIpc) is 2.17. The van der Waals surface area contributed by atoms with Gasteiger partial charge in [0.15, 0.2) is 0 Å². The molecule has 0 saturated heterocycles. The SMILES string of the molecule is CCCCCCCCC(CCl)CCl. The van der Waals surface area contributed by atoms with Crippen LogP contribution < -0.4 is 0 Å². The molecular weight excluding hydrogens is 203 g/mol. The smallest absolute Gasteiger partial charge is 0.0263 e. The van der Waals surface area contributed by atoms with E-state index in [2.05, 4.69) is 6.92 Å². The summed E-state index contributed by atoms with van der Waals surface area (Å²) in [7, 11) is 0. The van der Waals surface area contributed by atoms with Crippen LogP contribution in [0.25, 0.3) is 0 Å². The van der Waals surface area contributed by atoms with Crippen molar-refractivity contribution >= 4 is 23.2 Å². The van der Waals surface area contributed by atoms with Crippen LogP contribution in [-0.4, -0.2) is 11.8 Å². The maximum atomic E-state index is 5.75. The number of alkyl halides is 2. The van der Waals surface area contributed by atoms with Crippen molar-refractivity contribution in [3.8, 4) is 0 Å². The van der Waals surface area contributed by atoms with Crippen LogP contribution in [0.1, 0.15) is 51.9 Å². The lowest BCUT2D eigenvalue weighted by Gasteiger charge is -2.08. The average molecular weight is 225 g/mol. The van der Waals surface area contributed by atoms with E-state index in [-0.39, 0.29) is 0 Å². The normalized spacial score (nSPS) is 11.1.